The molecule has 0 radical (unpaired) electrons. The van der Waals surface area contributed by atoms with Gasteiger partial charge in [0, 0.05) is 13.1 Å². The maximum absolute atomic E-state index is 5.64. The monoisotopic (exact) mass is 255 g/mol. The van der Waals surface area contributed by atoms with Gasteiger partial charge in [0.05, 0.1) is 0 Å². The van der Waals surface area contributed by atoms with Crippen LogP contribution in [0, 0.1) is 11.8 Å². The van der Waals surface area contributed by atoms with Crippen LogP contribution in [0.4, 0.5) is 0 Å². The highest BCUT2D eigenvalue weighted by atomic mass is 15.1. The summed E-state index contributed by atoms with van der Waals surface area (Å²) in [5.74, 6) is 1.74. The summed E-state index contributed by atoms with van der Waals surface area (Å²) in [7, 11) is 4.51. The first-order valence-electron chi connectivity index (χ1n) is 7.72. The van der Waals surface area contributed by atoms with Gasteiger partial charge in [-0.3, -0.25) is 0 Å². The molecule has 0 bridgehead atoms. The summed E-state index contributed by atoms with van der Waals surface area (Å²) in [5, 5.41) is 0. The topological polar surface area (TPSA) is 32.5 Å². The second-order valence-electron chi connectivity index (χ2n) is 6.17. The van der Waals surface area contributed by atoms with Crippen molar-refractivity contribution in [2.45, 2.75) is 39.0 Å². The predicted octanol–water partition coefficient (Wildman–Crippen LogP) is 2.03. The molecule has 2 N–H and O–H groups in total. The van der Waals surface area contributed by atoms with Gasteiger partial charge in [0.15, 0.2) is 0 Å². The van der Waals surface area contributed by atoms with Crippen LogP contribution in [0.15, 0.2) is 0 Å². The Morgan fingerprint density at radius 2 is 2.17 bits per heavy atom. The highest BCUT2D eigenvalue weighted by molar-refractivity contribution is 4.75. The highest BCUT2D eigenvalue weighted by Gasteiger charge is 2.20. The molecule has 0 aromatic rings. The molecular formula is C15H33N3. The van der Waals surface area contributed by atoms with Crippen molar-refractivity contribution in [3.05, 3.63) is 0 Å². The molecule has 0 saturated carbocycles. The minimum Gasteiger partial charge on any atom is -0.330 e. The van der Waals surface area contributed by atoms with Gasteiger partial charge in [-0.25, -0.2) is 0 Å². The van der Waals surface area contributed by atoms with Gasteiger partial charge in [0.1, 0.15) is 0 Å². The molecule has 1 rings (SSSR count). The third kappa shape index (κ3) is 6.17. The minimum absolute atomic E-state index is 0.848. The lowest BCUT2D eigenvalue weighted by Crippen LogP contribution is -2.28. The largest absolute Gasteiger partial charge is 0.330 e. The normalized spacial score (nSPS) is 22.8. The van der Waals surface area contributed by atoms with Crippen LogP contribution in [0.25, 0.3) is 0 Å². The molecule has 1 fully saturated rings. The lowest BCUT2D eigenvalue weighted by atomic mass is 9.96. The molecule has 1 heterocycles. The Labute approximate surface area is 114 Å². The van der Waals surface area contributed by atoms with Crippen molar-refractivity contribution in [2.75, 3.05) is 46.8 Å². The molecule has 1 aliphatic heterocycles. The van der Waals surface area contributed by atoms with Crippen molar-refractivity contribution in [1.82, 2.24) is 9.80 Å². The van der Waals surface area contributed by atoms with Gasteiger partial charge in [0.25, 0.3) is 0 Å². The van der Waals surface area contributed by atoms with Crippen LogP contribution < -0.4 is 5.73 Å². The molecule has 0 spiro atoms. The van der Waals surface area contributed by atoms with Crippen LogP contribution in [0.2, 0.25) is 0 Å². The maximum Gasteiger partial charge on any atom is 0.00193 e. The van der Waals surface area contributed by atoms with Crippen LogP contribution in [-0.2, 0) is 0 Å². The molecule has 1 saturated heterocycles. The third-order valence-corrected chi connectivity index (χ3v) is 4.36. The lowest BCUT2D eigenvalue weighted by molar-refractivity contribution is 0.260. The van der Waals surface area contributed by atoms with E-state index in [4.69, 9.17) is 5.73 Å². The Bertz CT molecular complexity index is 208. The fourth-order valence-corrected chi connectivity index (χ4v) is 3.15. The van der Waals surface area contributed by atoms with E-state index in [0.29, 0.717) is 0 Å². The van der Waals surface area contributed by atoms with Crippen LogP contribution in [0.3, 0.4) is 0 Å². The molecule has 0 amide bonds. The predicted molar refractivity (Wildman–Crippen MR) is 79.8 cm³/mol. The number of rotatable bonds is 9. The van der Waals surface area contributed by atoms with E-state index in [2.05, 4.69) is 30.8 Å². The molecule has 108 valence electrons. The summed E-state index contributed by atoms with van der Waals surface area (Å²) in [6, 6.07) is 0. The Hall–Kier alpha value is -0.120. The molecule has 3 heteroatoms. The van der Waals surface area contributed by atoms with Gasteiger partial charge in [-0.15, -0.1) is 0 Å². The van der Waals surface area contributed by atoms with E-state index in [1.165, 1.54) is 58.3 Å². The van der Waals surface area contributed by atoms with E-state index in [0.717, 1.165) is 18.4 Å². The smallest absolute Gasteiger partial charge is 0.00193 e. The number of hydrogen-bond acceptors (Lipinski definition) is 3. The second-order valence-corrected chi connectivity index (χ2v) is 6.17. The van der Waals surface area contributed by atoms with Crippen molar-refractivity contribution in [1.29, 1.82) is 0 Å². The zero-order chi connectivity index (χ0) is 13.4. The van der Waals surface area contributed by atoms with Crippen molar-refractivity contribution >= 4 is 0 Å². The fraction of sp³-hybridized carbons (Fsp3) is 1.00. The van der Waals surface area contributed by atoms with E-state index in [1.54, 1.807) is 0 Å². The summed E-state index contributed by atoms with van der Waals surface area (Å²) >= 11 is 0. The van der Waals surface area contributed by atoms with Gasteiger partial charge in [0.2, 0.25) is 0 Å². The number of nitrogens with zero attached hydrogens (tertiary/aromatic N) is 2. The van der Waals surface area contributed by atoms with Crippen molar-refractivity contribution in [3.8, 4) is 0 Å². The fourth-order valence-electron chi connectivity index (χ4n) is 3.15. The zero-order valence-corrected chi connectivity index (χ0v) is 12.7. The molecule has 2 unspecified atom stereocenters. The third-order valence-electron chi connectivity index (χ3n) is 4.36. The average Bonchev–Trinajstić information content (AvgIpc) is 2.73. The molecule has 0 aliphatic carbocycles. The van der Waals surface area contributed by atoms with E-state index in [9.17, 15) is 0 Å². The lowest BCUT2D eigenvalue weighted by Gasteiger charge is -2.22. The van der Waals surface area contributed by atoms with E-state index in [-0.39, 0.29) is 0 Å². The Kier molecular flexibility index (Phi) is 7.87. The van der Waals surface area contributed by atoms with Crippen LogP contribution in [0.5, 0.6) is 0 Å². The van der Waals surface area contributed by atoms with Gasteiger partial charge in [-0.2, -0.15) is 0 Å². The molecule has 18 heavy (non-hydrogen) atoms. The summed E-state index contributed by atoms with van der Waals surface area (Å²) < 4.78 is 0. The average molecular weight is 255 g/mol. The number of likely N-dealkylation sites (tertiary alicyclic amines) is 1. The summed E-state index contributed by atoms with van der Waals surface area (Å²) in [6.45, 7) is 8.24. The van der Waals surface area contributed by atoms with Gasteiger partial charge in [-0.1, -0.05) is 13.3 Å². The van der Waals surface area contributed by atoms with Crippen LogP contribution in [0.1, 0.15) is 39.0 Å². The first-order valence-corrected chi connectivity index (χ1v) is 7.72. The number of nitrogens with two attached hydrogens (primary N) is 1. The quantitative estimate of drug-likeness (QED) is 0.684. The molecule has 3 nitrogen and oxygen atoms in total. The molecule has 1 aliphatic rings. The van der Waals surface area contributed by atoms with E-state index in [1.807, 2.05) is 0 Å². The van der Waals surface area contributed by atoms with Crippen molar-refractivity contribution in [3.63, 3.8) is 0 Å². The SMILES string of the molecule is CCC(CCN)CCCN(C)CC1CCN(C)C1. The van der Waals surface area contributed by atoms with Gasteiger partial charge >= 0.3 is 0 Å². The standard InChI is InChI=1S/C15H33N3/c1-4-14(7-9-16)6-5-10-17(2)12-15-8-11-18(3)13-15/h14-15H,4-13,16H2,1-3H3. The molecular weight excluding hydrogens is 222 g/mol. The van der Waals surface area contributed by atoms with Crippen LogP contribution >= 0.6 is 0 Å². The Balaban J connectivity index is 2.07. The maximum atomic E-state index is 5.64. The zero-order valence-electron chi connectivity index (χ0n) is 12.7. The molecule has 2 atom stereocenters. The first-order chi connectivity index (χ1) is 8.65. The minimum atomic E-state index is 0.848. The highest BCUT2D eigenvalue weighted by Crippen LogP contribution is 2.17. The Morgan fingerprint density at radius 3 is 2.72 bits per heavy atom. The van der Waals surface area contributed by atoms with Gasteiger partial charge < -0.3 is 15.5 Å². The first kappa shape index (κ1) is 15.9. The Morgan fingerprint density at radius 1 is 1.39 bits per heavy atom. The summed E-state index contributed by atoms with van der Waals surface area (Å²) in [4.78, 5) is 4.98. The molecule has 0 aromatic heterocycles. The van der Waals surface area contributed by atoms with E-state index >= 15 is 0 Å². The van der Waals surface area contributed by atoms with E-state index < -0.39 is 0 Å². The van der Waals surface area contributed by atoms with Crippen molar-refractivity contribution < 1.29 is 0 Å². The summed E-state index contributed by atoms with van der Waals surface area (Å²) in [5.41, 5.74) is 5.64. The van der Waals surface area contributed by atoms with Crippen molar-refractivity contribution in [2.24, 2.45) is 17.6 Å². The van der Waals surface area contributed by atoms with Crippen LogP contribution in [-0.4, -0.2) is 56.6 Å². The summed E-state index contributed by atoms with van der Waals surface area (Å²) in [6.07, 6.45) is 6.55. The molecule has 0 aromatic carbocycles. The second kappa shape index (κ2) is 8.89. The number of hydrogen-bond donors (Lipinski definition) is 1. The van der Waals surface area contributed by atoms with Gasteiger partial charge in [-0.05, 0) is 71.2 Å².